The van der Waals surface area contributed by atoms with Crippen molar-refractivity contribution in [2.75, 3.05) is 13.2 Å². The third-order valence-electron chi connectivity index (χ3n) is 6.69. The van der Waals surface area contributed by atoms with Crippen molar-refractivity contribution in [2.45, 2.75) is 80.9 Å². The second-order valence-corrected chi connectivity index (χ2v) is 11.2. The largest absolute Gasteiger partial charge is 0.479 e. The van der Waals surface area contributed by atoms with Crippen LogP contribution in [0.3, 0.4) is 0 Å². The summed E-state index contributed by atoms with van der Waals surface area (Å²) in [5.41, 5.74) is -1.80. The maximum Gasteiger partial charge on any atom is 0.416 e. The first-order valence-corrected chi connectivity index (χ1v) is 14.4. The quantitative estimate of drug-likeness (QED) is 0.263. The lowest BCUT2D eigenvalue weighted by Gasteiger charge is -2.43. The summed E-state index contributed by atoms with van der Waals surface area (Å²) in [5, 5.41) is 0.397. The summed E-state index contributed by atoms with van der Waals surface area (Å²) in [6.45, 7) is 14.9. The highest BCUT2D eigenvalue weighted by molar-refractivity contribution is 7.99. The fourth-order valence-electron chi connectivity index (χ4n) is 4.82. The SMILES string of the molecule is C=CC[C@@]1(c2ccc(Sc3cccc(C(F)(F)F)c3)cc2Cl)N=C(OCC)[C@](CCC)(C(C)C)N=C1OCC. The van der Waals surface area contributed by atoms with E-state index < -0.39 is 22.8 Å². The molecule has 3 rings (SSSR count). The van der Waals surface area contributed by atoms with E-state index >= 15 is 0 Å². The Morgan fingerprint density at radius 1 is 1.00 bits per heavy atom. The molecule has 9 heteroatoms. The molecule has 0 radical (unpaired) electrons. The van der Waals surface area contributed by atoms with Crippen LogP contribution in [-0.2, 0) is 21.2 Å². The Kier molecular flexibility index (Phi) is 10.2. The van der Waals surface area contributed by atoms with Gasteiger partial charge in [0, 0.05) is 26.8 Å². The molecule has 0 unspecified atom stereocenters. The van der Waals surface area contributed by atoms with Gasteiger partial charge in [-0.2, -0.15) is 13.2 Å². The second-order valence-electron chi connectivity index (χ2n) is 9.65. The fraction of sp³-hybridized carbons (Fsp3) is 0.467. The zero-order chi connectivity index (χ0) is 28.8. The summed E-state index contributed by atoms with van der Waals surface area (Å²) in [5.74, 6) is 1.10. The summed E-state index contributed by atoms with van der Waals surface area (Å²) in [4.78, 5) is 11.6. The van der Waals surface area contributed by atoms with Gasteiger partial charge in [-0.3, -0.25) is 0 Å². The summed E-state index contributed by atoms with van der Waals surface area (Å²) in [7, 11) is 0. The number of rotatable bonds is 10. The maximum atomic E-state index is 13.2. The fourth-order valence-corrected chi connectivity index (χ4v) is 6.14. The monoisotopic (exact) mass is 580 g/mol. The molecule has 2 aromatic carbocycles. The van der Waals surface area contributed by atoms with Crippen molar-refractivity contribution in [3.8, 4) is 0 Å². The molecule has 0 spiro atoms. The van der Waals surface area contributed by atoms with Crippen molar-refractivity contribution in [3.05, 3.63) is 71.3 Å². The van der Waals surface area contributed by atoms with Gasteiger partial charge >= 0.3 is 6.18 Å². The van der Waals surface area contributed by atoms with Gasteiger partial charge < -0.3 is 9.47 Å². The van der Waals surface area contributed by atoms with E-state index in [4.69, 9.17) is 31.1 Å². The minimum Gasteiger partial charge on any atom is -0.479 e. The number of hydrogen-bond donors (Lipinski definition) is 0. The van der Waals surface area contributed by atoms with Crippen LogP contribution in [0.25, 0.3) is 0 Å². The number of nitrogens with zero attached hydrogens (tertiary/aromatic N) is 2. The lowest BCUT2D eigenvalue weighted by Crippen LogP contribution is -2.52. The van der Waals surface area contributed by atoms with Crippen molar-refractivity contribution >= 4 is 35.2 Å². The molecule has 1 heterocycles. The first-order valence-electron chi connectivity index (χ1n) is 13.2. The molecule has 0 fully saturated rings. The Balaban J connectivity index is 2.14. The van der Waals surface area contributed by atoms with E-state index in [1.54, 1.807) is 18.2 Å². The molecule has 0 aromatic heterocycles. The molecule has 0 amide bonds. The topological polar surface area (TPSA) is 43.2 Å². The van der Waals surface area contributed by atoms with Crippen LogP contribution < -0.4 is 0 Å². The molecule has 0 aliphatic carbocycles. The zero-order valence-corrected chi connectivity index (χ0v) is 24.6. The summed E-state index contributed by atoms with van der Waals surface area (Å²) >= 11 is 8.10. The zero-order valence-electron chi connectivity index (χ0n) is 23.1. The number of ether oxygens (including phenoxy) is 2. The van der Waals surface area contributed by atoms with E-state index in [0.717, 1.165) is 25.0 Å². The molecule has 0 N–H and O–H groups in total. The molecular formula is C30H36ClF3N2O2S. The Morgan fingerprint density at radius 3 is 2.23 bits per heavy atom. The van der Waals surface area contributed by atoms with Crippen LogP contribution in [0.5, 0.6) is 0 Å². The lowest BCUT2D eigenvalue weighted by atomic mass is 9.78. The molecule has 1 aliphatic heterocycles. The van der Waals surface area contributed by atoms with Gasteiger partial charge in [0.25, 0.3) is 0 Å². The standard InChI is InChI=1S/C30H36ClF3N2O2S/c1-7-16-28(20(5)6)26(37-9-3)36-29(17-8-2,27(35-28)38-10-4)24-15-14-23(19-25(24)31)39-22-13-11-12-21(18-22)30(32,33)34/h8,11-15,18-20H,2,7,9-10,16-17H2,1,3-6H3/t28-,29-/m0/s1. The lowest BCUT2D eigenvalue weighted by molar-refractivity contribution is -0.137. The molecule has 0 saturated carbocycles. The van der Waals surface area contributed by atoms with Crippen LogP contribution in [0.2, 0.25) is 5.02 Å². The van der Waals surface area contributed by atoms with Gasteiger partial charge in [0.15, 0.2) is 5.54 Å². The summed E-state index contributed by atoms with van der Waals surface area (Å²) in [6.07, 6.45) is -0.674. The molecule has 39 heavy (non-hydrogen) atoms. The molecule has 2 aromatic rings. The van der Waals surface area contributed by atoms with Crippen molar-refractivity contribution in [1.82, 2.24) is 0 Å². The van der Waals surface area contributed by atoms with Crippen molar-refractivity contribution in [3.63, 3.8) is 0 Å². The molecule has 2 atom stereocenters. The van der Waals surface area contributed by atoms with Crippen LogP contribution in [-0.4, -0.2) is 30.5 Å². The van der Waals surface area contributed by atoms with Crippen LogP contribution in [0.4, 0.5) is 13.2 Å². The Hall–Kier alpha value is -2.45. The van der Waals surface area contributed by atoms with Gasteiger partial charge in [-0.25, -0.2) is 9.98 Å². The average Bonchev–Trinajstić information content (AvgIpc) is 2.86. The third kappa shape index (κ3) is 6.49. The third-order valence-corrected chi connectivity index (χ3v) is 7.98. The Labute approximate surface area is 238 Å². The number of hydrogen-bond acceptors (Lipinski definition) is 5. The van der Waals surface area contributed by atoms with E-state index in [0.29, 0.717) is 51.8 Å². The second kappa shape index (κ2) is 12.8. The Bertz CT molecular complexity index is 1230. The predicted molar refractivity (Wildman–Crippen MR) is 154 cm³/mol. The molecule has 1 aliphatic rings. The minimum absolute atomic E-state index is 0.0987. The Morgan fingerprint density at radius 2 is 1.67 bits per heavy atom. The molecule has 4 nitrogen and oxygen atoms in total. The van der Waals surface area contributed by atoms with Gasteiger partial charge in [0.05, 0.1) is 18.8 Å². The number of aliphatic imine (C=N–C) groups is 2. The van der Waals surface area contributed by atoms with E-state index in [-0.39, 0.29) is 5.92 Å². The number of halogens is 4. The first kappa shape index (κ1) is 31.1. The average molecular weight is 581 g/mol. The summed E-state index contributed by atoms with van der Waals surface area (Å²) in [6, 6.07) is 10.6. The predicted octanol–water partition coefficient (Wildman–Crippen LogP) is 9.36. The first-order chi connectivity index (χ1) is 18.5. The van der Waals surface area contributed by atoms with E-state index in [2.05, 4.69) is 27.4 Å². The molecular weight excluding hydrogens is 545 g/mol. The van der Waals surface area contributed by atoms with Gasteiger partial charge in [-0.1, -0.05) is 68.8 Å². The van der Waals surface area contributed by atoms with Crippen molar-refractivity contribution in [2.24, 2.45) is 15.9 Å². The van der Waals surface area contributed by atoms with Crippen molar-refractivity contribution in [1.29, 1.82) is 0 Å². The van der Waals surface area contributed by atoms with Gasteiger partial charge in [-0.05, 0) is 56.5 Å². The number of alkyl halides is 3. The van der Waals surface area contributed by atoms with E-state index in [9.17, 15) is 13.2 Å². The highest BCUT2D eigenvalue weighted by Gasteiger charge is 2.52. The van der Waals surface area contributed by atoms with Crippen LogP contribution in [0, 0.1) is 5.92 Å². The van der Waals surface area contributed by atoms with E-state index in [1.807, 2.05) is 26.0 Å². The summed E-state index contributed by atoms with van der Waals surface area (Å²) < 4.78 is 51.9. The van der Waals surface area contributed by atoms with E-state index in [1.165, 1.54) is 17.8 Å². The van der Waals surface area contributed by atoms with Crippen LogP contribution in [0.1, 0.15) is 65.0 Å². The van der Waals surface area contributed by atoms with Gasteiger partial charge in [-0.15, -0.1) is 6.58 Å². The minimum atomic E-state index is -4.41. The normalized spacial score (nSPS) is 21.4. The van der Waals surface area contributed by atoms with Crippen molar-refractivity contribution < 1.29 is 22.6 Å². The van der Waals surface area contributed by atoms with Crippen LogP contribution >= 0.6 is 23.4 Å². The smallest absolute Gasteiger partial charge is 0.416 e. The van der Waals surface area contributed by atoms with Gasteiger partial charge in [0.2, 0.25) is 11.8 Å². The maximum absolute atomic E-state index is 13.2. The highest BCUT2D eigenvalue weighted by Crippen LogP contribution is 2.46. The molecule has 0 saturated heterocycles. The van der Waals surface area contributed by atoms with Gasteiger partial charge in [0.1, 0.15) is 5.54 Å². The molecule has 0 bridgehead atoms. The van der Waals surface area contributed by atoms with Crippen LogP contribution in [0.15, 0.2) is 74.9 Å². The number of benzene rings is 2. The molecule has 212 valence electrons. The highest BCUT2D eigenvalue weighted by atomic mass is 35.5.